The summed E-state index contributed by atoms with van der Waals surface area (Å²) < 4.78 is 5.94. The van der Waals surface area contributed by atoms with Crippen LogP contribution in [0.25, 0.3) is 0 Å². The summed E-state index contributed by atoms with van der Waals surface area (Å²) >= 11 is 0. The maximum absolute atomic E-state index is 5.94. The SMILES string of the molecule is CC1NC(C)(C)OC1c1ccccc1. The quantitative estimate of drug-likeness (QED) is 0.736. The average Bonchev–Trinajstić information content (AvgIpc) is 2.41. The fourth-order valence-electron chi connectivity index (χ4n) is 2.08. The number of hydrogen-bond acceptors (Lipinski definition) is 2. The van der Waals surface area contributed by atoms with Crippen molar-refractivity contribution in [2.45, 2.75) is 38.6 Å². The molecule has 2 heteroatoms. The number of rotatable bonds is 1. The van der Waals surface area contributed by atoms with Gasteiger partial charge in [-0.15, -0.1) is 0 Å². The topological polar surface area (TPSA) is 21.3 Å². The Hall–Kier alpha value is -0.860. The maximum atomic E-state index is 5.94. The summed E-state index contributed by atoms with van der Waals surface area (Å²) in [7, 11) is 0. The van der Waals surface area contributed by atoms with Crippen LogP contribution in [-0.2, 0) is 4.74 Å². The van der Waals surface area contributed by atoms with Gasteiger partial charge in [-0.05, 0) is 26.3 Å². The van der Waals surface area contributed by atoms with Gasteiger partial charge in [0.05, 0.1) is 6.10 Å². The van der Waals surface area contributed by atoms with Crippen LogP contribution in [0.2, 0.25) is 0 Å². The van der Waals surface area contributed by atoms with Crippen molar-refractivity contribution < 1.29 is 4.74 Å². The molecule has 2 rings (SSSR count). The minimum atomic E-state index is -0.208. The Labute approximate surface area is 85.3 Å². The molecule has 2 unspecified atom stereocenters. The monoisotopic (exact) mass is 191 g/mol. The van der Waals surface area contributed by atoms with Crippen LogP contribution in [0, 0.1) is 0 Å². The van der Waals surface area contributed by atoms with Gasteiger partial charge >= 0.3 is 0 Å². The largest absolute Gasteiger partial charge is 0.352 e. The first kappa shape index (κ1) is 9.69. The van der Waals surface area contributed by atoms with Crippen molar-refractivity contribution in [2.75, 3.05) is 0 Å². The fraction of sp³-hybridized carbons (Fsp3) is 0.500. The zero-order chi connectivity index (χ0) is 10.2. The fourth-order valence-corrected chi connectivity index (χ4v) is 2.08. The van der Waals surface area contributed by atoms with Crippen LogP contribution >= 0.6 is 0 Å². The predicted octanol–water partition coefficient (Wildman–Crippen LogP) is 2.47. The van der Waals surface area contributed by atoms with Crippen LogP contribution in [0.15, 0.2) is 30.3 Å². The van der Waals surface area contributed by atoms with Crippen LogP contribution in [0.1, 0.15) is 32.4 Å². The second-order valence-electron chi connectivity index (χ2n) is 4.39. The third-order valence-electron chi connectivity index (χ3n) is 2.58. The van der Waals surface area contributed by atoms with Crippen LogP contribution in [-0.4, -0.2) is 11.8 Å². The Morgan fingerprint density at radius 2 is 1.86 bits per heavy atom. The third kappa shape index (κ3) is 1.81. The summed E-state index contributed by atoms with van der Waals surface area (Å²) in [6, 6.07) is 10.7. The first-order valence-electron chi connectivity index (χ1n) is 5.09. The molecule has 14 heavy (non-hydrogen) atoms. The predicted molar refractivity (Wildman–Crippen MR) is 56.9 cm³/mol. The van der Waals surface area contributed by atoms with E-state index < -0.39 is 0 Å². The lowest BCUT2D eigenvalue weighted by Gasteiger charge is -2.18. The molecule has 1 aromatic rings. The van der Waals surface area contributed by atoms with Crippen molar-refractivity contribution in [1.82, 2.24) is 5.32 Å². The highest BCUT2D eigenvalue weighted by atomic mass is 16.5. The average molecular weight is 191 g/mol. The normalized spacial score (nSPS) is 30.5. The Kier molecular flexibility index (Phi) is 2.33. The van der Waals surface area contributed by atoms with E-state index in [1.165, 1.54) is 5.56 Å². The molecule has 1 heterocycles. The summed E-state index contributed by atoms with van der Waals surface area (Å²) in [5.74, 6) is 0. The highest BCUT2D eigenvalue weighted by Gasteiger charge is 2.37. The molecule has 2 nitrogen and oxygen atoms in total. The first-order valence-corrected chi connectivity index (χ1v) is 5.09. The summed E-state index contributed by atoms with van der Waals surface area (Å²) in [5, 5.41) is 3.42. The smallest absolute Gasteiger partial charge is 0.114 e. The molecule has 0 amide bonds. The second kappa shape index (κ2) is 3.37. The van der Waals surface area contributed by atoms with Crippen molar-refractivity contribution in [3.8, 4) is 0 Å². The van der Waals surface area contributed by atoms with Crippen molar-refractivity contribution in [1.29, 1.82) is 0 Å². The molecule has 76 valence electrons. The van der Waals surface area contributed by atoms with Crippen LogP contribution < -0.4 is 5.32 Å². The van der Waals surface area contributed by atoms with Gasteiger partial charge in [0.25, 0.3) is 0 Å². The number of ether oxygens (including phenoxy) is 1. The Bertz CT molecular complexity index is 307. The first-order chi connectivity index (χ1) is 6.58. The summed E-state index contributed by atoms with van der Waals surface area (Å²) in [6.45, 7) is 6.28. The molecule has 2 atom stereocenters. The lowest BCUT2D eigenvalue weighted by Crippen LogP contribution is -2.36. The van der Waals surface area contributed by atoms with Gasteiger partial charge < -0.3 is 4.74 Å². The molecule has 0 bridgehead atoms. The van der Waals surface area contributed by atoms with Crippen molar-refractivity contribution in [3.63, 3.8) is 0 Å². The molecule has 1 aromatic carbocycles. The summed E-state index contributed by atoms with van der Waals surface area (Å²) in [5.41, 5.74) is 1.04. The second-order valence-corrected chi connectivity index (χ2v) is 4.39. The summed E-state index contributed by atoms with van der Waals surface area (Å²) in [6.07, 6.45) is 0.172. The Balaban J connectivity index is 2.21. The van der Waals surface area contributed by atoms with Gasteiger partial charge in [0, 0.05) is 6.04 Å². The number of hydrogen-bond donors (Lipinski definition) is 1. The highest BCUT2D eigenvalue weighted by molar-refractivity contribution is 5.20. The number of nitrogens with one attached hydrogen (secondary N) is 1. The zero-order valence-electron chi connectivity index (χ0n) is 8.95. The molecule has 1 saturated heterocycles. The van der Waals surface area contributed by atoms with Gasteiger partial charge in [0.1, 0.15) is 5.72 Å². The van der Waals surface area contributed by atoms with Crippen molar-refractivity contribution >= 4 is 0 Å². The van der Waals surface area contributed by atoms with E-state index in [4.69, 9.17) is 4.74 Å². The lowest BCUT2D eigenvalue weighted by molar-refractivity contribution is -0.0259. The standard InChI is InChI=1S/C12H17NO/c1-9-11(14-12(2,3)13-9)10-7-5-4-6-8-10/h4-9,11,13H,1-3H3. The Morgan fingerprint density at radius 3 is 2.36 bits per heavy atom. The van der Waals surface area contributed by atoms with Gasteiger partial charge in [-0.3, -0.25) is 5.32 Å². The molecule has 1 aliphatic heterocycles. The summed E-state index contributed by atoms with van der Waals surface area (Å²) in [4.78, 5) is 0. The van der Waals surface area contributed by atoms with Gasteiger partial charge in [-0.1, -0.05) is 30.3 Å². The van der Waals surface area contributed by atoms with Crippen molar-refractivity contribution in [3.05, 3.63) is 35.9 Å². The van der Waals surface area contributed by atoms with E-state index in [-0.39, 0.29) is 11.8 Å². The minimum absolute atomic E-state index is 0.172. The zero-order valence-corrected chi connectivity index (χ0v) is 8.95. The number of benzene rings is 1. The van der Waals surface area contributed by atoms with E-state index in [0.717, 1.165) is 0 Å². The molecule has 1 aliphatic rings. The molecule has 0 radical (unpaired) electrons. The van der Waals surface area contributed by atoms with Gasteiger partial charge in [0.15, 0.2) is 0 Å². The molecular weight excluding hydrogens is 174 g/mol. The van der Waals surface area contributed by atoms with Gasteiger partial charge in [-0.2, -0.15) is 0 Å². The van der Waals surface area contributed by atoms with Gasteiger partial charge in [-0.25, -0.2) is 0 Å². The van der Waals surface area contributed by atoms with Crippen molar-refractivity contribution in [2.24, 2.45) is 0 Å². The van der Waals surface area contributed by atoms with E-state index in [1.807, 2.05) is 6.07 Å². The lowest BCUT2D eigenvalue weighted by atomic mass is 10.0. The molecule has 0 aliphatic carbocycles. The Morgan fingerprint density at radius 1 is 1.21 bits per heavy atom. The van der Waals surface area contributed by atoms with Crippen LogP contribution in [0.5, 0.6) is 0 Å². The van der Waals surface area contributed by atoms with E-state index in [1.54, 1.807) is 0 Å². The van der Waals surface area contributed by atoms with E-state index in [2.05, 4.69) is 50.4 Å². The third-order valence-corrected chi connectivity index (χ3v) is 2.58. The van der Waals surface area contributed by atoms with E-state index in [0.29, 0.717) is 6.04 Å². The van der Waals surface area contributed by atoms with Crippen LogP contribution in [0.3, 0.4) is 0 Å². The molecular formula is C12H17NO. The molecule has 0 aromatic heterocycles. The maximum Gasteiger partial charge on any atom is 0.114 e. The molecule has 1 N–H and O–H groups in total. The van der Waals surface area contributed by atoms with E-state index in [9.17, 15) is 0 Å². The molecule has 0 saturated carbocycles. The van der Waals surface area contributed by atoms with Gasteiger partial charge in [0.2, 0.25) is 0 Å². The molecule has 0 spiro atoms. The van der Waals surface area contributed by atoms with E-state index >= 15 is 0 Å². The highest BCUT2D eigenvalue weighted by Crippen LogP contribution is 2.32. The minimum Gasteiger partial charge on any atom is -0.352 e. The van der Waals surface area contributed by atoms with Crippen LogP contribution in [0.4, 0.5) is 0 Å². The molecule has 1 fully saturated rings.